The SMILES string of the molecule is CC(=O)NC[C@H]1CN(c2ccc(N3CCN(C(=O)C=Cc4ccc(S(C)(=O)=O)cc4)CC3)c(F)c2)C(=O)O1. The van der Waals surface area contributed by atoms with Crippen molar-refractivity contribution in [2.45, 2.75) is 17.9 Å². The van der Waals surface area contributed by atoms with E-state index in [9.17, 15) is 22.8 Å². The highest BCUT2D eigenvalue weighted by Gasteiger charge is 2.33. The average molecular weight is 545 g/mol. The Morgan fingerprint density at radius 3 is 2.39 bits per heavy atom. The number of cyclic esters (lactones) is 1. The summed E-state index contributed by atoms with van der Waals surface area (Å²) in [6.07, 6.45) is 3.09. The van der Waals surface area contributed by atoms with Gasteiger partial charge >= 0.3 is 6.09 Å². The van der Waals surface area contributed by atoms with Crippen LogP contribution in [-0.4, -0.2) is 82.9 Å². The molecule has 2 heterocycles. The number of halogens is 1. The van der Waals surface area contributed by atoms with Crippen molar-refractivity contribution in [3.8, 4) is 0 Å². The van der Waals surface area contributed by atoms with Crippen LogP contribution >= 0.6 is 0 Å². The minimum atomic E-state index is -3.28. The molecule has 38 heavy (non-hydrogen) atoms. The van der Waals surface area contributed by atoms with E-state index in [4.69, 9.17) is 4.74 Å². The molecule has 4 rings (SSSR count). The van der Waals surface area contributed by atoms with Gasteiger partial charge in [0, 0.05) is 45.4 Å². The number of nitrogens with zero attached hydrogens (tertiary/aromatic N) is 3. The quantitative estimate of drug-likeness (QED) is 0.531. The summed E-state index contributed by atoms with van der Waals surface area (Å²) >= 11 is 0. The second-order valence-corrected chi connectivity index (χ2v) is 11.2. The van der Waals surface area contributed by atoms with Crippen LogP contribution in [0.15, 0.2) is 53.4 Å². The minimum absolute atomic E-state index is 0.186. The Morgan fingerprint density at radius 1 is 1.11 bits per heavy atom. The number of hydrogen-bond donors (Lipinski definition) is 1. The summed E-state index contributed by atoms with van der Waals surface area (Å²) < 4.78 is 43.4. The number of nitrogens with one attached hydrogen (secondary N) is 1. The molecular weight excluding hydrogens is 515 g/mol. The van der Waals surface area contributed by atoms with Gasteiger partial charge in [0.2, 0.25) is 11.8 Å². The zero-order chi connectivity index (χ0) is 27.4. The van der Waals surface area contributed by atoms with Crippen LogP contribution in [-0.2, 0) is 24.2 Å². The third kappa shape index (κ3) is 6.49. The van der Waals surface area contributed by atoms with E-state index in [-0.39, 0.29) is 29.8 Å². The minimum Gasteiger partial charge on any atom is -0.442 e. The average Bonchev–Trinajstić information content (AvgIpc) is 3.26. The van der Waals surface area contributed by atoms with E-state index in [0.717, 1.165) is 6.26 Å². The summed E-state index contributed by atoms with van der Waals surface area (Å²) in [7, 11) is -3.28. The third-order valence-corrected chi connectivity index (χ3v) is 7.48. The van der Waals surface area contributed by atoms with Gasteiger partial charge in [-0.3, -0.25) is 14.5 Å². The molecule has 12 heteroatoms. The summed E-state index contributed by atoms with van der Waals surface area (Å²) in [5.41, 5.74) is 1.45. The molecular formula is C26H29FN4O6S. The lowest BCUT2D eigenvalue weighted by atomic mass is 10.2. The van der Waals surface area contributed by atoms with Crippen LogP contribution in [0, 0.1) is 5.82 Å². The first-order valence-corrected chi connectivity index (χ1v) is 13.9. The zero-order valence-corrected chi connectivity index (χ0v) is 21.9. The number of carbonyl (C=O) groups excluding carboxylic acids is 3. The fourth-order valence-electron chi connectivity index (χ4n) is 4.28. The number of piperazine rings is 1. The van der Waals surface area contributed by atoms with Crippen molar-refractivity contribution in [1.82, 2.24) is 10.2 Å². The van der Waals surface area contributed by atoms with Crippen molar-refractivity contribution < 1.29 is 31.9 Å². The molecule has 0 spiro atoms. The van der Waals surface area contributed by atoms with Crippen LogP contribution in [0.1, 0.15) is 12.5 Å². The molecule has 0 aromatic heterocycles. The zero-order valence-electron chi connectivity index (χ0n) is 21.1. The first kappa shape index (κ1) is 27.1. The summed E-state index contributed by atoms with van der Waals surface area (Å²) in [6, 6.07) is 10.8. The van der Waals surface area contributed by atoms with Gasteiger partial charge in [-0.2, -0.15) is 0 Å². The number of anilines is 2. The van der Waals surface area contributed by atoms with Gasteiger partial charge in [-0.25, -0.2) is 17.6 Å². The van der Waals surface area contributed by atoms with E-state index in [0.29, 0.717) is 43.1 Å². The van der Waals surface area contributed by atoms with Crippen LogP contribution in [0.4, 0.5) is 20.6 Å². The van der Waals surface area contributed by atoms with Gasteiger partial charge in [-0.05, 0) is 42.0 Å². The Hall–Kier alpha value is -3.93. The Morgan fingerprint density at radius 2 is 1.79 bits per heavy atom. The molecule has 202 valence electrons. The van der Waals surface area contributed by atoms with Crippen LogP contribution < -0.4 is 15.1 Å². The molecule has 1 N–H and O–H groups in total. The van der Waals surface area contributed by atoms with Crippen LogP contribution in [0.3, 0.4) is 0 Å². The van der Waals surface area contributed by atoms with E-state index in [1.807, 2.05) is 4.90 Å². The van der Waals surface area contributed by atoms with Crippen LogP contribution in [0.25, 0.3) is 6.08 Å². The van der Waals surface area contributed by atoms with Gasteiger partial charge in [0.15, 0.2) is 9.84 Å². The van der Waals surface area contributed by atoms with Gasteiger partial charge in [0.1, 0.15) is 11.9 Å². The molecule has 2 aliphatic rings. The lowest BCUT2D eigenvalue weighted by Gasteiger charge is -2.36. The number of rotatable bonds is 7. The van der Waals surface area contributed by atoms with Crippen LogP contribution in [0.5, 0.6) is 0 Å². The van der Waals surface area contributed by atoms with Crippen molar-refractivity contribution in [3.05, 3.63) is 59.9 Å². The van der Waals surface area contributed by atoms with E-state index >= 15 is 4.39 Å². The molecule has 2 saturated heterocycles. The van der Waals surface area contributed by atoms with E-state index in [1.165, 1.54) is 36.1 Å². The lowest BCUT2D eigenvalue weighted by molar-refractivity contribution is -0.126. The molecule has 2 aromatic carbocycles. The third-order valence-electron chi connectivity index (χ3n) is 6.35. The molecule has 1 atom stereocenters. The van der Waals surface area contributed by atoms with Gasteiger partial charge in [0.05, 0.1) is 29.4 Å². The van der Waals surface area contributed by atoms with Crippen molar-refractivity contribution in [1.29, 1.82) is 0 Å². The van der Waals surface area contributed by atoms with E-state index in [1.54, 1.807) is 35.2 Å². The highest BCUT2D eigenvalue weighted by molar-refractivity contribution is 7.90. The molecule has 0 bridgehead atoms. The second kappa shape index (κ2) is 11.2. The second-order valence-electron chi connectivity index (χ2n) is 9.18. The molecule has 0 saturated carbocycles. The van der Waals surface area contributed by atoms with Crippen molar-refractivity contribution in [3.63, 3.8) is 0 Å². The molecule has 2 aromatic rings. The Balaban J connectivity index is 1.32. The largest absolute Gasteiger partial charge is 0.442 e. The van der Waals surface area contributed by atoms with Crippen molar-refractivity contribution in [2.24, 2.45) is 0 Å². The molecule has 2 aliphatic heterocycles. The summed E-state index contributed by atoms with van der Waals surface area (Å²) in [4.78, 5) is 41.0. The number of hydrogen-bond acceptors (Lipinski definition) is 7. The smallest absolute Gasteiger partial charge is 0.414 e. The standard InChI is InChI=1S/C26H29FN4O6S/c1-18(32)28-16-21-17-31(26(34)37-21)20-6-9-24(23(27)15-20)29-11-13-30(14-12-29)25(33)10-5-19-3-7-22(8-4-19)38(2,35)36/h3-10,15,21H,11-14,16-17H2,1-2H3,(H,28,32)/t21-/m0/s1. The van der Waals surface area contributed by atoms with Crippen molar-refractivity contribution >= 4 is 45.2 Å². The predicted octanol–water partition coefficient (Wildman–Crippen LogP) is 2.05. The maximum atomic E-state index is 15.0. The molecule has 0 radical (unpaired) electrons. The summed E-state index contributed by atoms with van der Waals surface area (Å²) in [5.74, 6) is -0.902. The predicted molar refractivity (Wildman–Crippen MR) is 140 cm³/mol. The summed E-state index contributed by atoms with van der Waals surface area (Å²) in [5, 5.41) is 2.60. The number of benzene rings is 2. The maximum absolute atomic E-state index is 15.0. The topological polar surface area (TPSA) is 116 Å². The molecule has 0 aliphatic carbocycles. The molecule has 3 amide bonds. The summed E-state index contributed by atoms with van der Waals surface area (Å²) in [6.45, 7) is 3.44. The lowest BCUT2D eigenvalue weighted by Crippen LogP contribution is -2.48. The number of carbonyl (C=O) groups is 3. The highest BCUT2D eigenvalue weighted by Crippen LogP contribution is 2.28. The number of sulfone groups is 1. The molecule has 2 fully saturated rings. The van der Waals surface area contributed by atoms with E-state index in [2.05, 4.69) is 5.32 Å². The fraction of sp³-hybridized carbons (Fsp3) is 0.346. The van der Waals surface area contributed by atoms with E-state index < -0.39 is 27.9 Å². The Labute approximate surface area is 220 Å². The number of ether oxygens (including phenoxy) is 1. The highest BCUT2D eigenvalue weighted by atomic mass is 32.2. The Bertz CT molecular complexity index is 1350. The molecule has 0 unspecified atom stereocenters. The van der Waals surface area contributed by atoms with Gasteiger partial charge in [-0.1, -0.05) is 12.1 Å². The normalized spacial score (nSPS) is 18.1. The fourth-order valence-corrected chi connectivity index (χ4v) is 4.91. The van der Waals surface area contributed by atoms with Gasteiger partial charge in [0.25, 0.3) is 0 Å². The van der Waals surface area contributed by atoms with Crippen molar-refractivity contribution in [2.75, 3.05) is 55.3 Å². The first-order valence-electron chi connectivity index (χ1n) is 12.1. The number of amides is 3. The monoisotopic (exact) mass is 544 g/mol. The Kier molecular flexibility index (Phi) is 8.00. The first-order chi connectivity index (χ1) is 18.0. The maximum Gasteiger partial charge on any atom is 0.414 e. The molecule has 10 nitrogen and oxygen atoms in total. The van der Waals surface area contributed by atoms with Gasteiger partial charge < -0.3 is 19.9 Å². The van der Waals surface area contributed by atoms with Crippen LogP contribution in [0.2, 0.25) is 0 Å². The van der Waals surface area contributed by atoms with Gasteiger partial charge in [-0.15, -0.1) is 0 Å².